The lowest BCUT2D eigenvalue weighted by molar-refractivity contribution is -0.137. The lowest BCUT2D eigenvalue weighted by Gasteiger charge is -2.18. The molecule has 152 valence electrons. The van der Waals surface area contributed by atoms with Crippen LogP contribution in [0.5, 0.6) is 0 Å². The third-order valence-corrected chi connectivity index (χ3v) is 7.15. The van der Waals surface area contributed by atoms with Gasteiger partial charge in [0.15, 0.2) is 0 Å². The third kappa shape index (κ3) is 3.62. The molecule has 1 fully saturated rings. The molecule has 1 aliphatic heterocycles. The summed E-state index contributed by atoms with van der Waals surface area (Å²) in [7, 11) is -1.58. The quantitative estimate of drug-likeness (QED) is 0.678. The smallest absolute Gasteiger partial charge is 0.377 e. The summed E-state index contributed by atoms with van der Waals surface area (Å²) in [6.45, 7) is 2.32. The summed E-state index contributed by atoms with van der Waals surface area (Å²) in [5.41, 5.74) is -0.338. The van der Waals surface area contributed by atoms with Gasteiger partial charge in [0.25, 0.3) is 5.56 Å². The van der Waals surface area contributed by atoms with Crippen LogP contribution >= 0.6 is 0 Å². The summed E-state index contributed by atoms with van der Waals surface area (Å²) >= 11 is 0. The van der Waals surface area contributed by atoms with Gasteiger partial charge in [-0.05, 0) is 37.1 Å². The number of aromatic amines is 1. The van der Waals surface area contributed by atoms with Crippen molar-refractivity contribution in [3.05, 3.63) is 64.4 Å². The molecular formula is C21H18F3NO3S. The second-order valence-electron chi connectivity index (χ2n) is 6.98. The van der Waals surface area contributed by atoms with Crippen LogP contribution in [0.1, 0.15) is 18.9 Å². The van der Waals surface area contributed by atoms with Crippen LogP contribution in [0.15, 0.2) is 58.2 Å². The maximum atomic E-state index is 13.5. The van der Waals surface area contributed by atoms with Crippen LogP contribution in [0.4, 0.5) is 13.2 Å². The number of benzene rings is 2. The second kappa shape index (κ2) is 7.42. The fraction of sp³-hybridized carbons (Fsp3) is 0.286. The van der Waals surface area contributed by atoms with Crippen molar-refractivity contribution in [3.8, 4) is 11.1 Å². The molecule has 1 N–H and O–H groups in total. The Hall–Kier alpha value is -2.45. The van der Waals surface area contributed by atoms with Gasteiger partial charge < -0.3 is 9.72 Å². The van der Waals surface area contributed by atoms with E-state index in [2.05, 4.69) is 4.98 Å². The first-order valence-electron chi connectivity index (χ1n) is 9.12. The van der Waals surface area contributed by atoms with E-state index in [4.69, 9.17) is 4.74 Å². The number of alkyl halides is 3. The molecular weight excluding hydrogens is 403 g/mol. The first-order chi connectivity index (χ1) is 13.8. The minimum Gasteiger partial charge on any atom is -0.377 e. The van der Waals surface area contributed by atoms with Gasteiger partial charge in [0, 0.05) is 17.5 Å². The Kier molecular flexibility index (Phi) is 5.08. The van der Waals surface area contributed by atoms with Gasteiger partial charge in [-0.15, -0.1) is 0 Å². The first-order valence-corrected chi connectivity index (χ1v) is 10.3. The molecule has 4 nitrogen and oxygen atoms in total. The number of hydrogen-bond donors (Lipinski definition) is 1. The van der Waals surface area contributed by atoms with E-state index in [0.29, 0.717) is 34.4 Å². The van der Waals surface area contributed by atoms with E-state index < -0.39 is 28.1 Å². The standard InChI is InChI=1S/C21H18F3NO3S/c1-12-17(10-11-28-12)29(27)19-15-4-2-3-5-16(15)25-20(26)18(19)13-6-8-14(9-7-13)21(22,23)24/h2-9,12,17H,10-11H2,1H3,(H,25,26). The zero-order valence-corrected chi connectivity index (χ0v) is 16.3. The van der Waals surface area contributed by atoms with Gasteiger partial charge in [-0.2, -0.15) is 13.2 Å². The summed E-state index contributed by atoms with van der Waals surface area (Å²) in [6, 6.07) is 11.3. The van der Waals surface area contributed by atoms with E-state index in [1.807, 2.05) is 6.92 Å². The first kappa shape index (κ1) is 19.8. The van der Waals surface area contributed by atoms with Gasteiger partial charge in [0.05, 0.1) is 38.2 Å². The number of hydrogen-bond acceptors (Lipinski definition) is 3. The van der Waals surface area contributed by atoms with Crippen molar-refractivity contribution in [1.82, 2.24) is 4.98 Å². The molecule has 8 heteroatoms. The molecule has 2 aromatic carbocycles. The normalized spacial score (nSPS) is 20.8. The van der Waals surface area contributed by atoms with E-state index in [1.54, 1.807) is 24.3 Å². The average Bonchev–Trinajstić information content (AvgIpc) is 3.12. The van der Waals surface area contributed by atoms with Crippen LogP contribution in [-0.4, -0.2) is 27.2 Å². The summed E-state index contributed by atoms with van der Waals surface area (Å²) < 4.78 is 57.9. The number of rotatable bonds is 3. The summed E-state index contributed by atoms with van der Waals surface area (Å²) in [5, 5.41) is 0.313. The molecule has 4 rings (SSSR count). The molecule has 3 aromatic rings. The summed E-state index contributed by atoms with van der Waals surface area (Å²) in [5.74, 6) is 0. The lowest BCUT2D eigenvalue weighted by Crippen LogP contribution is -2.25. The Balaban J connectivity index is 1.95. The predicted octanol–water partition coefficient (Wildman–Crippen LogP) is 4.50. The number of pyridine rings is 1. The monoisotopic (exact) mass is 421 g/mol. The molecule has 0 aliphatic carbocycles. The zero-order chi connectivity index (χ0) is 20.8. The number of fused-ring (bicyclic) bond motifs is 1. The van der Waals surface area contributed by atoms with Crippen LogP contribution in [0.2, 0.25) is 0 Å². The Morgan fingerprint density at radius 3 is 2.41 bits per heavy atom. The fourth-order valence-corrected chi connectivity index (χ4v) is 5.50. The van der Waals surface area contributed by atoms with Gasteiger partial charge in [0.2, 0.25) is 0 Å². The van der Waals surface area contributed by atoms with Crippen molar-refractivity contribution < 1.29 is 22.1 Å². The van der Waals surface area contributed by atoms with Crippen molar-refractivity contribution in [2.45, 2.75) is 35.8 Å². The minimum absolute atomic E-state index is 0.134. The highest BCUT2D eigenvalue weighted by Gasteiger charge is 2.34. The highest BCUT2D eigenvalue weighted by Crippen LogP contribution is 2.35. The van der Waals surface area contributed by atoms with E-state index in [-0.39, 0.29) is 16.9 Å². The fourth-order valence-electron chi connectivity index (χ4n) is 3.65. The number of para-hydroxylation sites is 1. The van der Waals surface area contributed by atoms with Crippen LogP contribution in [0.25, 0.3) is 22.0 Å². The van der Waals surface area contributed by atoms with Crippen LogP contribution < -0.4 is 5.56 Å². The summed E-state index contributed by atoms with van der Waals surface area (Å²) in [4.78, 5) is 16.0. The molecule has 2 heterocycles. The third-order valence-electron chi connectivity index (χ3n) is 5.16. The van der Waals surface area contributed by atoms with Crippen LogP contribution in [-0.2, 0) is 21.7 Å². The van der Waals surface area contributed by atoms with Crippen molar-refractivity contribution >= 4 is 21.7 Å². The number of aromatic nitrogens is 1. The van der Waals surface area contributed by atoms with Gasteiger partial charge in [-0.3, -0.25) is 9.00 Å². The van der Waals surface area contributed by atoms with Gasteiger partial charge in [0.1, 0.15) is 0 Å². The van der Waals surface area contributed by atoms with Crippen molar-refractivity contribution in [2.75, 3.05) is 6.61 Å². The Morgan fingerprint density at radius 2 is 1.79 bits per heavy atom. The number of halogens is 3. The Bertz CT molecular complexity index is 1140. The van der Waals surface area contributed by atoms with Gasteiger partial charge in [-0.1, -0.05) is 30.3 Å². The molecule has 0 radical (unpaired) electrons. The zero-order valence-electron chi connectivity index (χ0n) is 15.5. The molecule has 0 amide bonds. The molecule has 3 atom stereocenters. The molecule has 0 saturated carbocycles. The Labute approximate surface area is 167 Å². The SMILES string of the molecule is CC1OCCC1S(=O)c1c(-c2ccc(C(F)(F)F)cc2)c(=O)[nH]c2ccccc12. The molecule has 29 heavy (non-hydrogen) atoms. The average molecular weight is 421 g/mol. The van der Waals surface area contributed by atoms with Crippen molar-refractivity contribution in [3.63, 3.8) is 0 Å². The maximum absolute atomic E-state index is 13.5. The van der Waals surface area contributed by atoms with Gasteiger partial charge >= 0.3 is 6.18 Å². The van der Waals surface area contributed by atoms with Crippen molar-refractivity contribution in [2.24, 2.45) is 0 Å². The van der Waals surface area contributed by atoms with E-state index in [1.165, 1.54) is 12.1 Å². The molecule has 0 bridgehead atoms. The molecule has 0 spiro atoms. The Morgan fingerprint density at radius 1 is 1.10 bits per heavy atom. The van der Waals surface area contributed by atoms with E-state index in [0.717, 1.165) is 12.1 Å². The molecule has 1 saturated heterocycles. The maximum Gasteiger partial charge on any atom is 0.416 e. The largest absolute Gasteiger partial charge is 0.416 e. The van der Waals surface area contributed by atoms with Crippen LogP contribution in [0.3, 0.4) is 0 Å². The molecule has 3 unspecified atom stereocenters. The highest BCUT2D eigenvalue weighted by molar-refractivity contribution is 7.86. The second-order valence-corrected chi connectivity index (χ2v) is 8.59. The lowest BCUT2D eigenvalue weighted by atomic mass is 10.0. The predicted molar refractivity (Wildman–Crippen MR) is 105 cm³/mol. The number of nitrogens with one attached hydrogen (secondary N) is 1. The van der Waals surface area contributed by atoms with E-state index >= 15 is 0 Å². The number of H-pyrrole nitrogens is 1. The van der Waals surface area contributed by atoms with Crippen molar-refractivity contribution in [1.29, 1.82) is 0 Å². The topological polar surface area (TPSA) is 59.2 Å². The van der Waals surface area contributed by atoms with Crippen LogP contribution in [0, 0.1) is 0 Å². The van der Waals surface area contributed by atoms with Gasteiger partial charge in [-0.25, -0.2) is 0 Å². The minimum atomic E-state index is -4.48. The number of ether oxygens (including phenoxy) is 1. The summed E-state index contributed by atoms with van der Waals surface area (Å²) in [6.07, 6.45) is -4.13. The molecule has 1 aromatic heterocycles. The highest BCUT2D eigenvalue weighted by atomic mass is 32.2. The molecule has 1 aliphatic rings. The van der Waals surface area contributed by atoms with E-state index in [9.17, 15) is 22.2 Å².